The highest BCUT2D eigenvalue weighted by Gasteiger charge is 2.43. The number of nitrogens with zero attached hydrogens (tertiary/aromatic N) is 3. The lowest BCUT2D eigenvalue weighted by molar-refractivity contribution is -0.123. The molecule has 1 aromatic carbocycles. The third-order valence-corrected chi connectivity index (χ3v) is 6.53. The van der Waals surface area contributed by atoms with Crippen molar-refractivity contribution < 1.29 is 9.59 Å². The first-order valence-electron chi connectivity index (χ1n) is 8.84. The van der Waals surface area contributed by atoms with Crippen LogP contribution >= 0.6 is 34.5 Å². The number of rotatable bonds is 4. The van der Waals surface area contributed by atoms with Gasteiger partial charge in [-0.15, -0.1) is 11.3 Å². The van der Waals surface area contributed by atoms with Gasteiger partial charge < -0.3 is 0 Å². The number of imide groups is 1. The SMILES string of the molecule is O=C1C[C@H](N2CCN(Cc3ccc(Cl)s3)CC2)C(=O)N1c1ccc(Cl)cc1. The summed E-state index contributed by atoms with van der Waals surface area (Å²) in [6.45, 7) is 4.16. The van der Waals surface area contributed by atoms with Crippen molar-refractivity contribution in [3.05, 3.63) is 50.6 Å². The summed E-state index contributed by atoms with van der Waals surface area (Å²) in [6, 6.07) is 10.4. The van der Waals surface area contributed by atoms with Crippen LogP contribution in [0, 0.1) is 0 Å². The van der Waals surface area contributed by atoms with E-state index < -0.39 is 0 Å². The fourth-order valence-electron chi connectivity index (χ4n) is 3.65. The van der Waals surface area contributed by atoms with Crippen molar-refractivity contribution in [3.63, 3.8) is 0 Å². The summed E-state index contributed by atoms with van der Waals surface area (Å²) in [7, 11) is 0. The minimum atomic E-state index is -0.369. The maximum Gasteiger partial charge on any atom is 0.251 e. The van der Waals surface area contributed by atoms with Gasteiger partial charge in [0.1, 0.15) is 0 Å². The van der Waals surface area contributed by atoms with Crippen molar-refractivity contribution in [2.45, 2.75) is 19.0 Å². The first-order chi connectivity index (χ1) is 13.0. The number of anilines is 1. The van der Waals surface area contributed by atoms with Crippen LogP contribution in [0.3, 0.4) is 0 Å². The van der Waals surface area contributed by atoms with Crippen LogP contribution < -0.4 is 4.90 Å². The first-order valence-corrected chi connectivity index (χ1v) is 10.4. The lowest BCUT2D eigenvalue weighted by atomic mass is 10.1. The van der Waals surface area contributed by atoms with Crippen molar-refractivity contribution >= 4 is 52.0 Å². The van der Waals surface area contributed by atoms with Gasteiger partial charge in [0.25, 0.3) is 5.91 Å². The molecule has 0 radical (unpaired) electrons. The van der Waals surface area contributed by atoms with Gasteiger partial charge in [0.05, 0.1) is 22.5 Å². The quantitative estimate of drug-likeness (QED) is 0.705. The van der Waals surface area contributed by atoms with Gasteiger partial charge in [-0.2, -0.15) is 0 Å². The molecule has 2 fully saturated rings. The van der Waals surface area contributed by atoms with Crippen LogP contribution in [0.4, 0.5) is 5.69 Å². The largest absolute Gasteiger partial charge is 0.296 e. The Bertz CT molecular complexity index is 847. The monoisotopic (exact) mass is 423 g/mol. The van der Waals surface area contributed by atoms with Crippen molar-refractivity contribution in [1.29, 1.82) is 0 Å². The van der Waals surface area contributed by atoms with E-state index >= 15 is 0 Å². The number of halogens is 2. The van der Waals surface area contributed by atoms with Crippen LogP contribution in [0.5, 0.6) is 0 Å². The fraction of sp³-hybridized carbons (Fsp3) is 0.368. The Morgan fingerprint density at radius 1 is 0.963 bits per heavy atom. The van der Waals surface area contributed by atoms with Crippen LogP contribution in [0.2, 0.25) is 9.36 Å². The van der Waals surface area contributed by atoms with E-state index in [0.29, 0.717) is 10.7 Å². The highest BCUT2D eigenvalue weighted by Crippen LogP contribution is 2.28. The molecule has 0 spiro atoms. The maximum absolute atomic E-state index is 12.9. The molecular weight excluding hydrogens is 405 g/mol. The number of hydrogen-bond acceptors (Lipinski definition) is 5. The molecule has 5 nitrogen and oxygen atoms in total. The molecule has 0 bridgehead atoms. The molecule has 0 saturated carbocycles. The number of piperazine rings is 1. The zero-order valence-electron chi connectivity index (χ0n) is 14.6. The molecule has 2 aliphatic heterocycles. The van der Waals surface area contributed by atoms with Gasteiger partial charge in [0.15, 0.2) is 0 Å². The van der Waals surface area contributed by atoms with Gasteiger partial charge in [0, 0.05) is 42.6 Å². The predicted octanol–water partition coefficient (Wildman–Crippen LogP) is 3.50. The van der Waals surface area contributed by atoms with Crippen LogP contribution in [0.25, 0.3) is 0 Å². The Morgan fingerprint density at radius 2 is 1.67 bits per heavy atom. The van der Waals surface area contributed by atoms with Gasteiger partial charge in [-0.25, -0.2) is 4.90 Å². The average molecular weight is 424 g/mol. The van der Waals surface area contributed by atoms with Crippen LogP contribution in [0.1, 0.15) is 11.3 Å². The van der Waals surface area contributed by atoms with E-state index in [-0.39, 0.29) is 24.3 Å². The molecule has 3 heterocycles. The lowest BCUT2D eigenvalue weighted by Gasteiger charge is -2.36. The zero-order valence-corrected chi connectivity index (χ0v) is 16.9. The number of hydrogen-bond donors (Lipinski definition) is 0. The summed E-state index contributed by atoms with van der Waals surface area (Å²) in [5.74, 6) is -0.288. The Kier molecular flexibility index (Phi) is 5.53. The topological polar surface area (TPSA) is 43.9 Å². The van der Waals surface area contributed by atoms with Crippen LogP contribution in [-0.2, 0) is 16.1 Å². The molecule has 8 heteroatoms. The Hall–Kier alpha value is -1.44. The van der Waals surface area contributed by atoms with E-state index in [0.717, 1.165) is 37.1 Å². The molecule has 2 aromatic rings. The third kappa shape index (κ3) is 4.05. The summed E-state index contributed by atoms with van der Waals surface area (Å²) in [6.07, 6.45) is 0.238. The van der Waals surface area contributed by atoms with E-state index in [2.05, 4.69) is 15.9 Å². The molecule has 0 N–H and O–H groups in total. The second-order valence-electron chi connectivity index (χ2n) is 6.78. The van der Waals surface area contributed by atoms with Crippen molar-refractivity contribution in [2.75, 3.05) is 31.1 Å². The Labute approximate surface area is 172 Å². The molecule has 2 aliphatic rings. The normalized spacial score (nSPS) is 22.0. The summed E-state index contributed by atoms with van der Waals surface area (Å²) in [4.78, 5) is 32.4. The van der Waals surface area contributed by atoms with Crippen LogP contribution in [-0.4, -0.2) is 53.8 Å². The highest BCUT2D eigenvalue weighted by atomic mass is 35.5. The average Bonchev–Trinajstić information content (AvgIpc) is 3.19. The molecule has 2 amide bonds. The van der Waals surface area contributed by atoms with E-state index in [9.17, 15) is 9.59 Å². The standard InChI is InChI=1S/C19H19Cl2N3O2S/c20-13-1-3-14(4-2-13)24-18(25)11-16(19(24)26)23-9-7-22(8-10-23)12-15-5-6-17(21)27-15/h1-6,16H,7-12H2/t16-/m0/s1. The molecule has 2 saturated heterocycles. The van der Waals surface area contributed by atoms with Gasteiger partial charge in [-0.05, 0) is 36.4 Å². The number of amides is 2. The van der Waals surface area contributed by atoms with Gasteiger partial charge >= 0.3 is 0 Å². The molecule has 0 unspecified atom stereocenters. The van der Waals surface area contributed by atoms with Gasteiger partial charge in [-0.3, -0.25) is 19.4 Å². The fourth-order valence-corrected chi connectivity index (χ4v) is 4.91. The summed E-state index contributed by atoms with van der Waals surface area (Å²) >= 11 is 13.5. The maximum atomic E-state index is 12.9. The summed E-state index contributed by atoms with van der Waals surface area (Å²) in [5.41, 5.74) is 0.588. The first kappa shape index (κ1) is 18.9. The van der Waals surface area contributed by atoms with E-state index in [1.165, 1.54) is 9.78 Å². The third-order valence-electron chi connectivity index (χ3n) is 5.06. The zero-order chi connectivity index (χ0) is 19.0. The number of carbonyl (C=O) groups is 2. The van der Waals surface area contributed by atoms with E-state index in [4.69, 9.17) is 23.2 Å². The predicted molar refractivity (Wildman–Crippen MR) is 109 cm³/mol. The minimum Gasteiger partial charge on any atom is -0.296 e. The van der Waals surface area contributed by atoms with Crippen molar-refractivity contribution in [3.8, 4) is 0 Å². The number of benzene rings is 1. The number of carbonyl (C=O) groups excluding carboxylic acids is 2. The lowest BCUT2D eigenvalue weighted by Crippen LogP contribution is -2.52. The minimum absolute atomic E-state index is 0.138. The smallest absolute Gasteiger partial charge is 0.251 e. The molecule has 142 valence electrons. The van der Waals surface area contributed by atoms with Crippen molar-refractivity contribution in [1.82, 2.24) is 9.80 Å². The molecular formula is C19H19Cl2N3O2S. The van der Waals surface area contributed by atoms with Crippen LogP contribution in [0.15, 0.2) is 36.4 Å². The second-order valence-corrected chi connectivity index (χ2v) is 9.02. The molecule has 1 aromatic heterocycles. The Balaban J connectivity index is 1.38. The van der Waals surface area contributed by atoms with Crippen molar-refractivity contribution in [2.24, 2.45) is 0 Å². The molecule has 1 atom stereocenters. The second kappa shape index (κ2) is 7.89. The number of thiophene rings is 1. The Morgan fingerprint density at radius 3 is 2.30 bits per heavy atom. The van der Waals surface area contributed by atoms with Gasteiger partial charge in [-0.1, -0.05) is 23.2 Å². The molecule has 27 heavy (non-hydrogen) atoms. The van der Waals surface area contributed by atoms with E-state index in [1.807, 2.05) is 6.07 Å². The molecule has 0 aliphatic carbocycles. The highest BCUT2D eigenvalue weighted by molar-refractivity contribution is 7.16. The van der Waals surface area contributed by atoms with Gasteiger partial charge in [0.2, 0.25) is 5.91 Å². The summed E-state index contributed by atoms with van der Waals surface area (Å²) in [5, 5.41) is 0.581. The summed E-state index contributed by atoms with van der Waals surface area (Å²) < 4.78 is 0.806. The molecule has 4 rings (SSSR count). The van der Waals surface area contributed by atoms with E-state index in [1.54, 1.807) is 35.6 Å².